The molecule has 0 radical (unpaired) electrons. The number of hydrogen-bond donors (Lipinski definition) is 2. The Morgan fingerprint density at radius 2 is 2.15 bits per heavy atom. The monoisotopic (exact) mass is 205 g/mol. The molecule has 13 heavy (non-hydrogen) atoms. The van der Waals surface area contributed by atoms with Gasteiger partial charge in [0.15, 0.2) is 0 Å². The van der Waals surface area contributed by atoms with Crippen LogP contribution in [-0.4, -0.2) is 18.6 Å². The van der Waals surface area contributed by atoms with E-state index in [0.29, 0.717) is 12.5 Å². The van der Waals surface area contributed by atoms with Gasteiger partial charge in [-0.2, -0.15) is 0 Å². The summed E-state index contributed by atoms with van der Waals surface area (Å²) >= 11 is 3.90. The summed E-state index contributed by atoms with van der Waals surface area (Å²) in [4.78, 5) is 11.3. The molecule has 0 aromatic carbocycles. The highest BCUT2D eigenvalue weighted by atomic mass is 32.1. The first-order chi connectivity index (χ1) is 6.11. The molecule has 1 N–H and O–H groups in total. The summed E-state index contributed by atoms with van der Waals surface area (Å²) in [7, 11) is 0. The minimum Gasteiger partial charge on any atom is -0.465 e. The van der Waals surface area contributed by atoms with Gasteiger partial charge in [0.1, 0.15) is 6.04 Å². The number of carbonyl (C=O) groups is 1. The zero-order chi connectivity index (χ0) is 10.3. The van der Waals surface area contributed by atoms with E-state index in [1.165, 1.54) is 0 Å². The minimum absolute atomic E-state index is 0.203. The van der Waals surface area contributed by atoms with Gasteiger partial charge in [0.25, 0.3) is 0 Å². The van der Waals surface area contributed by atoms with Crippen molar-refractivity contribution in [3.05, 3.63) is 0 Å². The molecule has 0 heterocycles. The summed E-state index contributed by atoms with van der Waals surface area (Å²) in [5, 5.41) is 0. The molecular weight excluding hydrogens is 186 g/mol. The number of hydrogen-bond acceptors (Lipinski definition) is 4. The largest absolute Gasteiger partial charge is 0.465 e. The van der Waals surface area contributed by atoms with Crippen molar-refractivity contribution in [2.45, 2.75) is 39.7 Å². The molecule has 0 unspecified atom stereocenters. The molecule has 0 rings (SSSR count). The highest BCUT2D eigenvalue weighted by Crippen LogP contribution is 2.06. The minimum atomic E-state index is -0.283. The van der Waals surface area contributed by atoms with Crippen LogP contribution in [-0.2, 0) is 9.53 Å². The molecule has 0 bridgehead atoms. The quantitative estimate of drug-likeness (QED) is 0.513. The molecule has 1 atom stereocenters. The van der Waals surface area contributed by atoms with Crippen LogP contribution in [0.2, 0.25) is 0 Å². The van der Waals surface area contributed by atoms with E-state index in [0.717, 1.165) is 12.8 Å². The Kier molecular flexibility index (Phi) is 7.09. The van der Waals surface area contributed by atoms with Crippen LogP contribution in [0.5, 0.6) is 0 Å². The number of carbonyl (C=O) groups excluding carboxylic acids is 1. The summed E-state index contributed by atoms with van der Waals surface area (Å²) in [5.74, 6) is 0.254. The Morgan fingerprint density at radius 3 is 2.54 bits per heavy atom. The second kappa shape index (κ2) is 7.21. The standard InChI is InChI=1S/C9H19NO2S/c1-4-5-12-9(11)8(10-13)6-7(2)3/h7-8,10,13H,4-6H2,1-3H3/t8-/m0/s1. The normalized spacial score (nSPS) is 13.0. The lowest BCUT2D eigenvalue weighted by Crippen LogP contribution is -2.34. The Balaban J connectivity index is 3.85. The van der Waals surface area contributed by atoms with Crippen LogP contribution in [0.15, 0.2) is 0 Å². The van der Waals surface area contributed by atoms with Gasteiger partial charge in [-0.25, -0.2) is 0 Å². The van der Waals surface area contributed by atoms with E-state index >= 15 is 0 Å². The zero-order valence-corrected chi connectivity index (χ0v) is 9.43. The number of thiol groups is 1. The van der Waals surface area contributed by atoms with Crippen LogP contribution >= 0.6 is 12.8 Å². The SMILES string of the molecule is CCCOC(=O)[C@H](CC(C)C)NS. The van der Waals surface area contributed by atoms with E-state index < -0.39 is 0 Å². The predicted molar refractivity (Wildman–Crippen MR) is 56.6 cm³/mol. The maximum Gasteiger partial charge on any atom is 0.323 e. The van der Waals surface area contributed by atoms with Crippen LogP contribution in [0, 0.1) is 5.92 Å². The third kappa shape index (κ3) is 5.93. The predicted octanol–water partition coefficient (Wildman–Crippen LogP) is 1.79. The fraction of sp³-hybridized carbons (Fsp3) is 0.889. The maximum absolute atomic E-state index is 11.3. The number of ether oxygens (including phenoxy) is 1. The molecule has 3 nitrogen and oxygen atoms in total. The van der Waals surface area contributed by atoms with Crippen LogP contribution in [0.3, 0.4) is 0 Å². The lowest BCUT2D eigenvalue weighted by atomic mass is 10.1. The number of nitrogens with one attached hydrogen (secondary N) is 1. The lowest BCUT2D eigenvalue weighted by Gasteiger charge is -2.15. The van der Waals surface area contributed by atoms with E-state index in [4.69, 9.17) is 4.74 Å². The van der Waals surface area contributed by atoms with E-state index in [9.17, 15) is 4.79 Å². The molecule has 0 saturated heterocycles. The van der Waals surface area contributed by atoms with Crippen molar-refractivity contribution in [3.63, 3.8) is 0 Å². The van der Waals surface area contributed by atoms with Gasteiger partial charge in [0.2, 0.25) is 0 Å². The van der Waals surface area contributed by atoms with Crippen LogP contribution in [0.4, 0.5) is 0 Å². The fourth-order valence-corrected chi connectivity index (χ4v) is 1.19. The summed E-state index contributed by atoms with van der Waals surface area (Å²) in [5.41, 5.74) is 0. The third-order valence-electron chi connectivity index (χ3n) is 1.60. The molecular formula is C9H19NO2S. The van der Waals surface area contributed by atoms with Gasteiger partial charge >= 0.3 is 5.97 Å². The van der Waals surface area contributed by atoms with Crippen LogP contribution in [0.1, 0.15) is 33.6 Å². The molecule has 0 saturated carbocycles. The Morgan fingerprint density at radius 1 is 1.54 bits per heavy atom. The van der Waals surface area contributed by atoms with Gasteiger partial charge in [-0.3, -0.25) is 9.52 Å². The molecule has 0 fully saturated rings. The molecule has 0 aliphatic heterocycles. The topological polar surface area (TPSA) is 38.3 Å². The Labute approximate surface area is 85.8 Å². The molecule has 78 valence electrons. The van der Waals surface area contributed by atoms with Gasteiger partial charge in [-0.1, -0.05) is 33.6 Å². The Hall–Kier alpha value is -0.220. The van der Waals surface area contributed by atoms with Crippen molar-refractivity contribution in [1.82, 2.24) is 4.72 Å². The lowest BCUT2D eigenvalue weighted by molar-refractivity contribution is -0.146. The molecule has 0 aromatic rings. The molecule has 0 amide bonds. The number of rotatable bonds is 6. The highest BCUT2D eigenvalue weighted by Gasteiger charge is 2.18. The zero-order valence-electron chi connectivity index (χ0n) is 8.54. The average molecular weight is 205 g/mol. The highest BCUT2D eigenvalue weighted by molar-refractivity contribution is 7.78. The molecule has 0 aromatic heterocycles. The van der Waals surface area contributed by atoms with Crippen molar-refractivity contribution in [2.24, 2.45) is 5.92 Å². The summed E-state index contributed by atoms with van der Waals surface area (Å²) in [6.07, 6.45) is 1.61. The van der Waals surface area contributed by atoms with Gasteiger partial charge < -0.3 is 4.74 Å². The summed E-state index contributed by atoms with van der Waals surface area (Å²) in [6, 6.07) is -0.283. The second-order valence-corrected chi connectivity index (χ2v) is 3.74. The van der Waals surface area contributed by atoms with Gasteiger partial charge in [-0.15, -0.1) is 0 Å². The summed E-state index contributed by atoms with van der Waals surface area (Å²) in [6.45, 7) is 6.58. The van der Waals surface area contributed by atoms with Crippen molar-refractivity contribution < 1.29 is 9.53 Å². The van der Waals surface area contributed by atoms with Crippen LogP contribution < -0.4 is 4.72 Å². The average Bonchev–Trinajstić information content (AvgIpc) is 2.09. The fourth-order valence-electron chi connectivity index (χ4n) is 0.976. The van der Waals surface area contributed by atoms with Crippen molar-refractivity contribution in [3.8, 4) is 0 Å². The first-order valence-electron chi connectivity index (χ1n) is 4.68. The van der Waals surface area contributed by atoms with E-state index in [-0.39, 0.29) is 12.0 Å². The Bertz CT molecular complexity index is 151. The molecule has 4 heteroatoms. The van der Waals surface area contributed by atoms with Crippen LogP contribution in [0.25, 0.3) is 0 Å². The van der Waals surface area contributed by atoms with Gasteiger partial charge in [-0.05, 0) is 18.8 Å². The summed E-state index contributed by atoms with van der Waals surface area (Å²) < 4.78 is 7.66. The van der Waals surface area contributed by atoms with Crippen molar-refractivity contribution in [1.29, 1.82) is 0 Å². The first kappa shape index (κ1) is 12.8. The van der Waals surface area contributed by atoms with Gasteiger partial charge in [0.05, 0.1) is 6.61 Å². The smallest absolute Gasteiger partial charge is 0.323 e. The molecule has 0 spiro atoms. The molecule has 0 aliphatic carbocycles. The first-order valence-corrected chi connectivity index (χ1v) is 5.12. The van der Waals surface area contributed by atoms with Crippen molar-refractivity contribution in [2.75, 3.05) is 6.61 Å². The third-order valence-corrected chi connectivity index (χ3v) is 1.91. The maximum atomic E-state index is 11.3. The van der Waals surface area contributed by atoms with E-state index in [1.807, 2.05) is 6.92 Å². The van der Waals surface area contributed by atoms with E-state index in [1.54, 1.807) is 0 Å². The van der Waals surface area contributed by atoms with Gasteiger partial charge in [0, 0.05) is 0 Å². The van der Waals surface area contributed by atoms with E-state index in [2.05, 4.69) is 31.4 Å². The number of esters is 1. The molecule has 0 aliphatic rings. The van der Waals surface area contributed by atoms with Crippen molar-refractivity contribution >= 4 is 18.8 Å². The second-order valence-electron chi connectivity index (χ2n) is 3.48.